The monoisotopic (exact) mass is 375 g/mol. The fourth-order valence-corrected chi connectivity index (χ4v) is 4.03. The Hall–Kier alpha value is -2.75. The largest absolute Gasteiger partial charge is 0.496 e. The molecule has 2 heterocycles. The molecule has 3 aromatic rings. The molecule has 0 radical (unpaired) electrons. The smallest absolute Gasteiger partial charge is 0.155 e. The van der Waals surface area contributed by atoms with E-state index in [2.05, 4.69) is 47.4 Å². The van der Waals surface area contributed by atoms with E-state index in [0.717, 1.165) is 28.3 Å². The molecule has 4 heteroatoms. The Kier molecular flexibility index (Phi) is 3.92. The highest BCUT2D eigenvalue weighted by Crippen LogP contribution is 2.49. The van der Waals surface area contributed by atoms with Crippen LogP contribution in [0.3, 0.4) is 0 Å². The Labute approximate surface area is 163 Å². The molecule has 5 rings (SSSR count). The average molecular weight is 376 g/mol. The van der Waals surface area contributed by atoms with Gasteiger partial charge in [-0.1, -0.05) is 54.1 Å². The van der Waals surface area contributed by atoms with E-state index in [1.165, 1.54) is 5.56 Å². The quantitative estimate of drug-likeness (QED) is 0.551. The van der Waals surface area contributed by atoms with E-state index in [1.54, 1.807) is 7.11 Å². The van der Waals surface area contributed by atoms with Crippen LogP contribution in [0.4, 0.5) is 11.4 Å². The first-order valence-corrected chi connectivity index (χ1v) is 9.28. The van der Waals surface area contributed by atoms with E-state index >= 15 is 0 Å². The molecule has 3 aromatic carbocycles. The number of para-hydroxylation sites is 1. The number of nitrogens with zero attached hydrogens (tertiary/aromatic N) is 1. The van der Waals surface area contributed by atoms with Gasteiger partial charge in [-0.05, 0) is 47.5 Å². The highest BCUT2D eigenvalue weighted by atomic mass is 35.5. The number of benzene rings is 3. The average Bonchev–Trinajstić information content (AvgIpc) is 2.73. The zero-order valence-electron chi connectivity index (χ0n) is 14.8. The number of hydrogen-bond donors (Lipinski definition) is 0. The van der Waals surface area contributed by atoms with Gasteiger partial charge in [-0.25, -0.2) is 0 Å². The van der Waals surface area contributed by atoms with Gasteiger partial charge in [-0.2, -0.15) is 0 Å². The SMILES string of the molecule is COc1cccc2c1[C@@H](c1ccc(Cl)cc1)O[C@H]1C=Cc3ccccc3N21. The zero-order chi connectivity index (χ0) is 18.4. The highest BCUT2D eigenvalue weighted by Gasteiger charge is 2.37. The Balaban J connectivity index is 1.72. The molecule has 0 aromatic heterocycles. The van der Waals surface area contributed by atoms with Gasteiger partial charge in [-0.15, -0.1) is 0 Å². The van der Waals surface area contributed by atoms with E-state index in [-0.39, 0.29) is 12.3 Å². The molecule has 0 saturated carbocycles. The minimum Gasteiger partial charge on any atom is -0.496 e. The maximum absolute atomic E-state index is 6.56. The van der Waals surface area contributed by atoms with Crippen molar-refractivity contribution < 1.29 is 9.47 Å². The van der Waals surface area contributed by atoms with Gasteiger partial charge >= 0.3 is 0 Å². The lowest BCUT2D eigenvalue weighted by molar-refractivity contribution is 0.0287. The second kappa shape index (κ2) is 6.45. The van der Waals surface area contributed by atoms with Crippen LogP contribution < -0.4 is 9.64 Å². The number of anilines is 2. The molecule has 0 amide bonds. The van der Waals surface area contributed by atoms with Gasteiger partial charge in [0.15, 0.2) is 6.23 Å². The third-order valence-electron chi connectivity index (χ3n) is 5.12. The van der Waals surface area contributed by atoms with Crippen LogP contribution in [0.25, 0.3) is 6.08 Å². The molecule has 2 atom stereocenters. The van der Waals surface area contributed by atoms with Crippen molar-refractivity contribution in [3.05, 3.63) is 94.5 Å². The van der Waals surface area contributed by atoms with Crippen molar-refractivity contribution in [3.8, 4) is 5.75 Å². The van der Waals surface area contributed by atoms with Crippen LogP contribution >= 0.6 is 11.6 Å². The van der Waals surface area contributed by atoms with Gasteiger partial charge in [-0.3, -0.25) is 0 Å². The van der Waals surface area contributed by atoms with Crippen LogP contribution in [0.5, 0.6) is 5.75 Å². The van der Waals surface area contributed by atoms with Crippen molar-refractivity contribution in [2.24, 2.45) is 0 Å². The van der Waals surface area contributed by atoms with Gasteiger partial charge in [0.05, 0.1) is 24.0 Å². The fraction of sp³-hybridized carbons (Fsp3) is 0.130. The third kappa shape index (κ3) is 2.62. The lowest BCUT2D eigenvalue weighted by Crippen LogP contribution is -2.40. The topological polar surface area (TPSA) is 21.7 Å². The minimum absolute atomic E-state index is 0.180. The summed E-state index contributed by atoms with van der Waals surface area (Å²) >= 11 is 6.09. The molecule has 0 aliphatic carbocycles. The first-order chi connectivity index (χ1) is 13.3. The van der Waals surface area contributed by atoms with Crippen molar-refractivity contribution >= 4 is 29.1 Å². The van der Waals surface area contributed by atoms with Crippen LogP contribution in [-0.4, -0.2) is 13.3 Å². The van der Waals surface area contributed by atoms with E-state index in [1.807, 2.05) is 36.4 Å². The maximum Gasteiger partial charge on any atom is 0.155 e. The second-order valence-corrected chi connectivity index (χ2v) is 7.08. The summed E-state index contributed by atoms with van der Waals surface area (Å²) in [5.41, 5.74) is 5.49. The summed E-state index contributed by atoms with van der Waals surface area (Å²) < 4.78 is 12.3. The van der Waals surface area contributed by atoms with E-state index in [9.17, 15) is 0 Å². The van der Waals surface area contributed by atoms with E-state index in [4.69, 9.17) is 21.1 Å². The molecule has 3 nitrogen and oxygen atoms in total. The molecule has 0 saturated heterocycles. The van der Waals surface area contributed by atoms with Gasteiger partial charge in [0, 0.05) is 5.02 Å². The van der Waals surface area contributed by atoms with Gasteiger partial charge in [0.2, 0.25) is 0 Å². The molecule has 27 heavy (non-hydrogen) atoms. The molecule has 0 N–H and O–H groups in total. The van der Waals surface area contributed by atoms with Crippen molar-refractivity contribution in [2.75, 3.05) is 12.0 Å². The van der Waals surface area contributed by atoms with Gasteiger partial charge in [0.1, 0.15) is 11.9 Å². The fourth-order valence-electron chi connectivity index (χ4n) is 3.90. The van der Waals surface area contributed by atoms with E-state index in [0.29, 0.717) is 5.02 Å². The second-order valence-electron chi connectivity index (χ2n) is 6.64. The lowest BCUT2D eigenvalue weighted by atomic mass is 9.94. The summed E-state index contributed by atoms with van der Waals surface area (Å²) in [6, 6.07) is 22.3. The standard InChI is InChI=1S/C23H18ClNO2/c1-26-20-8-4-7-19-22(20)23(16-9-12-17(24)13-10-16)27-21-14-11-15-5-2-3-6-18(15)25(19)21/h2-14,21,23H,1H3/t21-,23+/m0/s1. The number of halogens is 1. The number of rotatable bonds is 2. The Morgan fingerprint density at radius 3 is 2.52 bits per heavy atom. The van der Waals surface area contributed by atoms with Gasteiger partial charge < -0.3 is 14.4 Å². The predicted molar refractivity (Wildman–Crippen MR) is 109 cm³/mol. The third-order valence-corrected chi connectivity index (χ3v) is 5.38. The summed E-state index contributed by atoms with van der Waals surface area (Å²) in [5, 5.41) is 0.711. The molecule has 0 spiro atoms. The first-order valence-electron chi connectivity index (χ1n) is 8.90. The molecule has 0 unspecified atom stereocenters. The van der Waals surface area contributed by atoms with E-state index < -0.39 is 0 Å². The zero-order valence-corrected chi connectivity index (χ0v) is 15.6. The number of fused-ring (bicyclic) bond motifs is 5. The lowest BCUT2D eigenvalue weighted by Gasteiger charge is -2.43. The predicted octanol–water partition coefficient (Wildman–Crippen LogP) is 5.96. The van der Waals surface area contributed by atoms with Crippen molar-refractivity contribution in [1.29, 1.82) is 0 Å². The minimum atomic E-state index is -0.232. The summed E-state index contributed by atoms with van der Waals surface area (Å²) in [5.74, 6) is 0.818. The summed E-state index contributed by atoms with van der Waals surface area (Å²) in [6.07, 6.45) is 3.82. The van der Waals surface area contributed by atoms with Crippen LogP contribution in [0.1, 0.15) is 22.8 Å². The van der Waals surface area contributed by atoms with Crippen LogP contribution in [0, 0.1) is 0 Å². The summed E-state index contributed by atoms with van der Waals surface area (Å²) in [6.45, 7) is 0. The molecule has 2 aliphatic heterocycles. The van der Waals surface area contributed by atoms with Gasteiger partial charge in [0.25, 0.3) is 0 Å². The molecule has 134 valence electrons. The van der Waals surface area contributed by atoms with Crippen LogP contribution in [-0.2, 0) is 4.74 Å². The number of methoxy groups -OCH3 is 1. The molecular weight excluding hydrogens is 358 g/mol. The molecular formula is C23H18ClNO2. The first kappa shape index (κ1) is 16.4. The maximum atomic E-state index is 6.56. The highest BCUT2D eigenvalue weighted by molar-refractivity contribution is 6.30. The molecule has 2 aliphatic rings. The van der Waals surface area contributed by atoms with Crippen LogP contribution in [0.2, 0.25) is 5.02 Å². The normalized spacial score (nSPS) is 19.9. The van der Waals surface area contributed by atoms with Crippen molar-refractivity contribution in [1.82, 2.24) is 0 Å². The number of ether oxygens (including phenoxy) is 2. The molecule has 0 bridgehead atoms. The Bertz CT molecular complexity index is 1030. The van der Waals surface area contributed by atoms with Crippen LogP contribution in [0.15, 0.2) is 72.8 Å². The van der Waals surface area contributed by atoms with Crippen molar-refractivity contribution in [2.45, 2.75) is 12.3 Å². The molecule has 0 fully saturated rings. The Morgan fingerprint density at radius 1 is 0.926 bits per heavy atom. The Morgan fingerprint density at radius 2 is 1.70 bits per heavy atom. The van der Waals surface area contributed by atoms with Crippen molar-refractivity contribution in [3.63, 3.8) is 0 Å². The summed E-state index contributed by atoms with van der Waals surface area (Å²) in [7, 11) is 1.70. The number of hydrogen-bond acceptors (Lipinski definition) is 3. The summed E-state index contributed by atoms with van der Waals surface area (Å²) in [4.78, 5) is 2.24.